The number of hydrogen-bond donors (Lipinski definition) is 2. The van der Waals surface area contributed by atoms with Crippen LogP contribution < -0.4 is 11.0 Å². The van der Waals surface area contributed by atoms with Crippen molar-refractivity contribution in [2.75, 3.05) is 5.43 Å². The molecule has 1 aromatic carbocycles. The van der Waals surface area contributed by atoms with Crippen LogP contribution in [0.25, 0.3) is 5.69 Å². The van der Waals surface area contributed by atoms with Crippen LogP contribution in [0.15, 0.2) is 40.2 Å². The number of H-pyrrole nitrogens is 1. The first-order valence-electron chi connectivity index (χ1n) is 8.26. The summed E-state index contributed by atoms with van der Waals surface area (Å²) in [5.74, 6) is 0.0820. The molecule has 0 fully saturated rings. The molecule has 0 bridgehead atoms. The molecule has 0 radical (unpaired) electrons. The molecule has 28 heavy (non-hydrogen) atoms. The van der Waals surface area contributed by atoms with E-state index in [2.05, 4.69) is 25.7 Å². The number of aromatic amines is 1. The van der Waals surface area contributed by atoms with Crippen LogP contribution >= 0.6 is 0 Å². The van der Waals surface area contributed by atoms with Crippen molar-refractivity contribution < 1.29 is 13.2 Å². The summed E-state index contributed by atoms with van der Waals surface area (Å²) in [6.07, 6.45) is -2.92. The minimum absolute atomic E-state index is 0.0820. The van der Waals surface area contributed by atoms with Gasteiger partial charge in [0.05, 0.1) is 11.8 Å². The molecule has 2 heterocycles. The zero-order chi connectivity index (χ0) is 20.5. The van der Waals surface area contributed by atoms with E-state index in [1.165, 1.54) is 19.2 Å². The lowest BCUT2D eigenvalue weighted by Crippen LogP contribution is -2.15. The Morgan fingerprint density at radius 3 is 2.61 bits per heavy atom. The Hall–Kier alpha value is -3.43. The number of anilines is 1. The normalized spacial score (nSPS) is 11.9. The average molecular weight is 390 g/mol. The quantitative estimate of drug-likeness (QED) is 0.528. The number of nitrogens with zero attached hydrogens (tertiary/aromatic N) is 4. The molecule has 0 saturated heterocycles. The Balaban J connectivity index is 1.88. The van der Waals surface area contributed by atoms with E-state index < -0.39 is 11.7 Å². The number of hydrogen-bond acceptors (Lipinski definition) is 5. The van der Waals surface area contributed by atoms with E-state index in [4.69, 9.17) is 0 Å². The third kappa shape index (κ3) is 3.95. The summed E-state index contributed by atoms with van der Waals surface area (Å²) in [6, 6.07) is 6.92. The summed E-state index contributed by atoms with van der Waals surface area (Å²) in [5, 5.41) is 11.4. The molecule has 3 aromatic rings. The van der Waals surface area contributed by atoms with Gasteiger partial charge in [0.15, 0.2) is 0 Å². The predicted octanol–water partition coefficient (Wildman–Crippen LogP) is 3.35. The summed E-state index contributed by atoms with van der Waals surface area (Å²) < 4.78 is 40.7. The van der Waals surface area contributed by atoms with Gasteiger partial charge in [-0.3, -0.25) is 9.78 Å². The van der Waals surface area contributed by atoms with Crippen molar-refractivity contribution in [2.45, 2.75) is 26.9 Å². The lowest BCUT2D eigenvalue weighted by atomic mass is 10.2. The second-order valence-electron chi connectivity index (χ2n) is 6.17. The van der Waals surface area contributed by atoms with Crippen LogP contribution in [-0.4, -0.2) is 26.0 Å². The van der Waals surface area contributed by atoms with Crippen molar-refractivity contribution in [1.29, 1.82) is 0 Å². The largest absolute Gasteiger partial charge is 0.416 e. The van der Waals surface area contributed by atoms with Crippen LogP contribution in [0, 0.1) is 20.8 Å². The standard InChI is InChI=1S/C18H17F3N6O/c1-10-7-13(9-22-25-17-23-16(28)11(2)24-26-17)12(3)27(10)15-6-4-5-14(8-15)18(19,20)21/h4-9H,1-3H3,(H2,23,25,26,28)/b22-9-. The second kappa shape index (κ2) is 7.29. The van der Waals surface area contributed by atoms with Crippen LogP contribution in [-0.2, 0) is 6.18 Å². The van der Waals surface area contributed by atoms with E-state index in [1.54, 1.807) is 30.5 Å². The van der Waals surface area contributed by atoms with E-state index in [9.17, 15) is 18.0 Å². The minimum atomic E-state index is -4.41. The van der Waals surface area contributed by atoms with Crippen molar-refractivity contribution in [3.63, 3.8) is 0 Å². The molecule has 0 amide bonds. The van der Waals surface area contributed by atoms with Gasteiger partial charge in [-0.1, -0.05) is 6.07 Å². The van der Waals surface area contributed by atoms with Gasteiger partial charge in [-0.2, -0.15) is 18.3 Å². The van der Waals surface area contributed by atoms with Crippen LogP contribution in [0.5, 0.6) is 0 Å². The van der Waals surface area contributed by atoms with E-state index in [0.29, 0.717) is 16.9 Å². The Morgan fingerprint density at radius 1 is 1.18 bits per heavy atom. The van der Waals surface area contributed by atoms with Crippen LogP contribution in [0.1, 0.15) is 28.2 Å². The maximum absolute atomic E-state index is 13.0. The Labute approximate surface area is 157 Å². The fraction of sp³-hybridized carbons (Fsp3) is 0.222. The van der Waals surface area contributed by atoms with Gasteiger partial charge in [0, 0.05) is 22.6 Å². The van der Waals surface area contributed by atoms with Gasteiger partial charge >= 0.3 is 6.18 Å². The Kier molecular flexibility index (Phi) is 5.04. The highest BCUT2D eigenvalue weighted by atomic mass is 19.4. The lowest BCUT2D eigenvalue weighted by molar-refractivity contribution is -0.137. The number of alkyl halides is 3. The Bertz CT molecular complexity index is 1100. The maximum Gasteiger partial charge on any atom is 0.416 e. The van der Waals surface area contributed by atoms with Gasteiger partial charge in [0.1, 0.15) is 5.69 Å². The summed E-state index contributed by atoms with van der Waals surface area (Å²) in [4.78, 5) is 14.0. The maximum atomic E-state index is 13.0. The molecular weight excluding hydrogens is 373 g/mol. The minimum Gasteiger partial charge on any atom is -0.318 e. The molecule has 0 atom stereocenters. The topological polar surface area (TPSA) is 88.0 Å². The molecule has 0 aliphatic rings. The van der Waals surface area contributed by atoms with Crippen LogP contribution in [0.4, 0.5) is 19.1 Å². The zero-order valence-corrected chi connectivity index (χ0v) is 15.3. The van der Waals surface area contributed by atoms with E-state index in [-0.39, 0.29) is 17.2 Å². The molecule has 0 unspecified atom stereocenters. The van der Waals surface area contributed by atoms with E-state index >= 15 is 0 Å². The average Bonchev–Trinajstić information content (AvgIpc) is 2.91. The molecule has 3 rings (SSSR count). The SMILES string of the molecule is Cc1nnc(N/N=C\c2cc(C)n(-c3cccc(C(F)(F)F)c3)c2C)[nH]c1=O. The summed E-state index contributed by atoms with van der Waals surface area (Å²) in [5.41, 5.74) is 4.29. The van der Waals surface area contributed by atoms with Crippen molar-refractivity contribution in [3.05, 3.63) is 68.9 Å². The fourth-order valence-corrected chi connectivity index (χ4v) is 2.74. The molecular formula is C18H17F3N6O. The molecule has 10 heteroatoms. The molecule has 7 nitrogen and oxygen atoms in total. The molecule has 0 spiro atoms. The van der Waals surface area contributed by atoms with Crippen molar-refractivity contribution in [3.8, 4) is 5.69 Å². The molecule has 0 aliphatic carbocycles. The first kappa shape index (κ1) is 19.3. The van der Waals surface area contributed by atoms with Crippen molar-refractivity contribution >= 4 is 12.2 Å². The number of halogens is 3. The van der Waals surface area contributed by atoms with Gasteiger partial charge < -0.3 is 4.57 Å². The monoisotopic (exact) mass is 390 g/mol. The highest BCUT2D eigenvalue weighted by Crippen LogP contribution is 2.31. The van der Waals surface area contributed by atoms with Gasteiger partial charge in [-0.25, -0.2) is 5.43 Å². The van der Waals surface area contributed by atoms with E-state index in [0.717, 1.165) is 17.8 Å². The number of nitrogens with one attached hydrogen (secondary N) is 2. The second-order valence-corrected chi connectivity index (χ2v) is 6.17. The number of rotatable bonds is 4. The van der Waals surface area contributed by atoms with Gasteiger partial charge in [0.2, 0.25) is 5.95 Å². The summed E-state index contributed by atoms with van der Waals surface area (Å²) >= 11 is 0. The molecule has 0 aliphatic heterocycles. The first-order chi connectivity index (χ1) is 13.2. The zero-order valence-electron chi connectivity index (χ0n) is 15.3. The molecule has 0 saturated carbocycles. The highest BCUT2D eigenvalue weighted by molar-refractivity contribution is 5.82. The first-order valence-corrected chi connectivity index (χ1v) is 8.26. The molecule has 2 N–H and O–H groups in total. The van der Waals surface area contributed by atoms with Gasteiger partial charge in [0.25, 0.3) is 5.56 Å². The summed E-state index contributed by atoms with van der Waals surface area (Å²) in [7, 11) is 0. The number of aryl methyl sites for hydroxylation is 2. The van der Waals surface area contributed by atoms with Gasteiger partial charge in [-0.05, 0) is 45.0 Å². The van der Waals surface area contributed by atoms with Crippen molar-refractivity contribution in [2.24, 2.45) is 5.10 Å². The van der Waals surface area contributed by atoms with E-state index in [1.807, 2.05) is 0 Å². The lowest BCUT2D eigenvalue weighted by Gasteiger charge is -2.13. The molecule has 2 aromatic heterocycles. The predicted molar refractivity (Wildman–Crippen MR) is 98.9 cm³/mol. The Morgan fingerprint density at radius 2 is 1.93 bits per heavy atom. The summed E-state index contributed by atoms with van der Waals surface area (Å²) in [6.45, 7) is 5.10. The third-order valence-electron chi connectivity index (χ3n) is 4.14. The highest BCUT2D eigenvalue weighted by Gasteiger charge is 2.30. The smallest absolute Gasteiger partial charge is 0.318 e. The van der Waals surface area contributed by atoms with Crippen LogP contribution in [0.3, 0.4) is 0 Å². The van der Waals surface area contributed by atoms with Crippen LogP contribution in [0.2, 0.25) is 0 Å². The number of benzene rings is 1. The number of hydrazone groups is 1. The van der Waals surface area contributed by atoms with Gasteiger partial charge in [-0.15, -0.1) is 10.2 Å². The fourth-order valence-electron chi connectivity index (χ4n) is 2.74. The van der Waals surface area contributed by atoms with Crippen molar-refractivity contribution in [1.82, 2.24) is 19.7 Å². The third-order valence-corrected chi connectivity index (χ3v) is 4.14. The molecule has 146 valence electrons. The number of aromatic nitrogens is 4.